The van der Waals surface area contributed by atoms with Crippen molar-refractivity contribution in [3.63, 3.8) is 0 Å². The molecule has 2 heterocycles. The highest BCUT2D eigenvalue weighted by atomic mass is 32.2. The van der Waals surface area contributed by atoms with Gasteiger partial charge in [-0.2, -0.15) is 0 Å². The molecule has 0 N–H and O–H groups in total. The normalized spacial score (nSPS) is 18.4. The maximum absolute atomic E-state index is 13.2. The third-order valence-electron chi connectivity index (χ3n) is 4.77. The smallest absolute Gasteiger partial charge is 0.254 e. The number of sulfone groups is 1. The Bertz CT molecular complexity index is 887. The first-order valence-electron chi connectivity index (χ1n) is 9.17. The molecule has 27 heavy (non-hydrogen) atoms. The summed E-state index contributed by atoms with van der Waals surface area (Å²) in [5.74, 6) is 0.791. The van der Waals surface area contributed by atoms with E-state index in [2.05, 4.69) is 0 Å². The summed E-state index contributed by atoms with van der Waals surface area (Å²) >= 11 is 1.60. The average Bonchev–Trinajstić information content (AvgIpc) is 3.22. The summed E-state index contributed by atoms with van der Waals surface area (Å²) in [7, 11) is -3.07. The van der Waals surface area contributed by atoms with Crippen molar-refractivity contribution in [1.82, 2.24) is 4.90 Å². The van der Waals surface area contributed by atoms with Crippen LogP contribution in [0.5, 0.6) is 5.75 Å². The minimum atomic E-state index is -3.07. The fourth-order valence-corrected chi connectivity index (χ4v) is 5.82. The van der Waals surface area contributed by atoms with Crippen LogP contribution in [0.25, 0.3) is 0 Å². The van der Waals surface area contributed by atoms with E-state index in [4.69, 9.17) is 4.74 Å². The molecular formula is C20H25NO4S2. The Morgan fingerprint density at radius 3 is 2.56 bits per heavy atom. The number of rotatable bonds is 7. The summed E-state index contributed by atoms with van der Waals surface area (Å²) in [5, 5.41) is 2.00. The Labute approximate surface area is 164 Å². The van der Waals surface area contributed by atoms with Gasteiger partial charge in [0.25, 0.3) is 5.91 Å². The van der Waals surface area contributed by atoms with Gasteiger partial charge < -0.3 is 9.64 Å². The van der Waals surface area contributed by atoms with Crippen molar-refractivity contribution < 1.29 is 17.9 Å². The molecule has 1 fully saturated rings. The number of carbonyl (C=O) groups is 1. The monoisotopic (exact) mass is 407 g/mol. The van der Waals surface area contributed by atoms with Crippen molar-refractivity contribution >= 4 is 27.1 Å². The van der Waals surface area contributed by atoms with Crippen LogP contribution < -0.4 is 4.74 Å². The van der Waals surface area contributed by atoms with E-state index in [-0.39, 0.29) is 23.5 Å². The molecule has 0 spiro atoms. The van der Waals surface area contributed by atoms with E-state index in [1.54, 1.807) is 40.5 Å². The predicted octanol–water partition coefficient (Wildman–Crippen LogP) is 3.67. The Hall–Kier alpha value is -1.86. The van der Waals surface area contributed by atoms with Crippen molar-refractivity contribution in [2.75, 3.05) is 18.1 Å². The summed E-state index contributed by atoms with van der Waals surface area (Å²) in [5.41, 5.74) is 1.68. The predicted molar refractivity (Wildman–Crippen MR) is 108 cm³/mol. The summed E-state index contributed by atoms with van der Waals surface area (Å²) in [6.07, 6.45) is 1.42. The van der Waals surface area contributed by atoms with E-state index in [0.29, 0.717) is 25.1 Å². The van der Waals surface area contributed by atoms with Crippen molar-refractivity contribution in [2.24, 2.45) is 0 Å². The van der Waals surface area contributed by atoms with E-state index in [9.17, 15) is 13.2 Å². The van der Waals surface area contributed by atoms with Crippen LogP contribution in [-0.4, -0.2) is 43.4 Å². The second-order valence-corrected chi connectivity index (χ2v) is 10.1. The highest BCUT2D eigenvalue weighted by Gasteiger charge is 2.35. The highest BCUT2D eigenvalue weighted by Crippen LogP contribution is 2.26. The third kappa shape index (κ3) is 4.90. The second-order valence-electron chi connectivity index (χ2n) is 6.89. The summed E-state index contributed by atoms with van der Waals surface area (Å²) in [6.45, 7) is 5.13. The van der Waals surface area contributed by atoms with Gasteiger partial charge in [0.2, 0.25) is 0 Å². The molecule has 0 unspecified atom stereocenters. The van der Waals surface area contributed by atoms with E-state index in [0.717, 1.165) is 22.6 Å². The zero-order chi connectivity index (χ0) is 19.4. The van der Waals surface area contributed by atoms with Gasteiger partial charge in [-0.25, -0.2) is 8.42 Å². The van der Waals surface area contributed by atoms with Gasteiger partial charge in [0, 0.05) is 16.5 Å². The summed E-state index contributed by atoms with van der Waals surface area (Å²) in [4.78, 5) is 16.0. The van der Waals surface area contributed by atoms with Crippen LogP contribution in [0.2, 0.25) is 0 Å². The lowest BCUT2D eigenvalue weighted by Gasteiger charge is -2.28. The minimum absolute atomic E-state index is 0.0425. The third-order valence-corrected chi connectivity index (χ3v) is 7.52. The first kappa shape index (κ1) is 19.9. The molecule has 0 radical (unpaired) electrons. The lowest BCUT2D eigenvalue weighted by molar-refractivity contribution is 0.0683. The van der Waals surface area contributed by atoms with Crippen molar-refractivity contribution in [3.8, 4) is 5.75 Å². The number of amides is 1. The number of ether oxygens (including phenoxy) is 1. The van der Waals surface area contributed by atoms with Gasteiger partial charge in [0.1, 0.15) is 5.75 Å². The maximum Gasteiger partial charge on any atom is 0.254 e. The number of hydrogen-bond donors (Lipinski definition) is 0. The zero-order valence-electron chi connectivity index (χ0n) is 15.7. The molecule has 1 saturated heterocycles. The average molecular weight is 408 g/mol. The van der Waals surface area contributed by atoms with Crippen LogP contribution in [0.3, 0.4) is 0 Å². The molecule has 0 saturated carbocycles. The zero-order valence-corrected chi connectivity index (χ0v) is 17.3. The Kier molecular flexibility index (Phi) is 6.22. The van der Waals surface area contributed by atoms with Gasteiger partial charge in [-0.3, -0.25) is 4.79 Å². The molecule has 0 bridgehead atoms. The molecule has 1 aliphatic heterocycles. The van der Waals surface area contributed by atoms with Gasteiger partial charge in [-0.1, -0.05) is 6.92 Å². The van der Waals surface area contributed by atoms with Crippen LogP contribution in [0.1, 0.15) is 40.6 Å². The number of thiophene rings is 1. The van der Waals surface area contributed by atoms with Crippen LogP contribution in [0.15, 0.2) is 35.7 Å². The Morgan fingerprint density at radius 1 is 1.26 bits per heavy atom. The standard InChI is InChI=1S/C20H25NO4S2/c1-3-10-25-18-6-4-16(5-7-18)20(22)21(13-19-15(2)8-11-26-19)17-9-12-27(23,24)14-17/h4-8,11,17H,3,9-10,12-14H2,1-2H3/t17-/m1/s1. The van der Waals surface area contributed by atoms with Crippen molar-refractivity contribution in [2.45, 2.75) is 39.3 Å². The van der Waals surface area contributed by atoms with E-state index in [1.807, 2.05) is 25.3 Å². The molecule has 1 atom stereocenters. The topological polar surface area (TPSA) is 63.7 Å². The van der Waals surface area contributed by atoms with Crippen LogP contribution in [0.4, 0.5) is 0 Å². The summed E-state index contributed by atoms with van der Waals surface area (Å²) in [6, 6.07) is 8.84. The molecule has 1 aliphatic rings. The fourth-order valence-electron chi connectivity index (χ4n) is 3.19. The molecule has 5 nitrogen and oxygen atoms in total. The first-order chi connectivity index (χ1) is 12.9. The van der Waals surface area contributed by atoms with Gasteiger partial charge in [0.05, 0.1) is 24.7 Å². The van der Waals surface area contributed by atoms with Crippen LogP contribution in [0, 0.1) is 6.92 Å². The van der Waals surface area contributed by atoms with Gasteiger partial charge in [-0.05, 0) is 61.0 Å². The molecule has 7 heteroatoms. The fraction of sp³-hybridized carbons (Fsp3) is 0.450. The molecule has 1 amide bonds. The van der Waals surface area contributed by atoms with Gasteiger partial charge in [-0.15, -0.1) is 11.3 Å². The number of carbonyl (C=O) groups excluding carboxylic acids is 1. The molecule has 0 aliphatic carbocycles. The Balaban J connectivity index is 1.83. The molecular weight excluding hydrogens is 382 g/mol. The van der Waals surface area contributed by atoms with Crippen molar-refractivity contribution in [1.29, 1.82) is 0 Å². The number of hydrogen-bond acceptors (Lipinski definition) is 5. The van der Waals surface area contributed by atoms with Gasteiger partial charge >= 0.3 is 0 Å². The number of nitrogens with zero attached hydrogens (tertiary/aromatic N) is 1. The molecule has 1 aromatic carbocycles. The van der Waals surface area contributed by atoms with Gasteiger partial charge in [0.15, 0.2) is 9.84 Å². The Morgan fingerprint density at radius 2 is 2.00 bits per heavy atom. The van der Waals surface area contributed by atoms with E-state index in [1.165, 1.54) is 0 Å². The lowest BCUT2D eigenvalue weighted by Crippen LogP contribution is -2.40. The summed E-state index contributed by atoms with van der Waals surface area (Å²) < 4.78 is 29.5. The highest BCUT2D eigenvalue weighted by molar-refractivity contribution is 7.91. The van der Waals surface area contributed by atoms with Crippen LogP contribution in [-0.2, 0) is 16.4 Å². The molecule has 3 rings (SSSR count). The molecule has 2 aromatic rings. The van der Waals surface area contributed by atoms with E-state index >= 15 is 0 Å². The molecule has 146 valence electrons. The molecule has 1 aromatic heterocycles. The van der Waals surface area contributed by atoms with Crippen molar-refractivity contribution in [3.05, 3.63) is 51.7 Å². The number of benzene rings is 1. The maximum atomic E-state index is 13.2. The minimum Gasteiger partial charge on any atom is -0.494 e. The van der Waals surface area contributed by atoms with Crippen LogP contribution >= 0.6 is 11.3 Å². The van der Waals surface area contributed by atoms with E-state index < -0.39 is 9.84 Å². The second kappa shape index (κ2) is 8.44. The number of aryl methyl sites for hydroxylation is 1. The largest absolute Gasteiger partial charge is 0.494 e. The quantitative estimate of drug-likeness (QED) is 0.702. The lowest BCUT2D eigenvalue weighted by atomic mass is 10.1. The SMILES string of the molecule is CCCOc1ccc(C(=O)N(Cc2sccc2C)[C@@H]2CCS(=O)(=O)C2)cc1. The first-order valence-corrected chi connectivity index (χ1v) is 11.9.